The maximum atomic E-state index is 11.2. The Bertz CT molecular complexity index is 779. The van der Waals surface area contributed by atoms with Crippen LogP contribution in [0.3, 0.4) is 0 Å². The Morgan fingerprint density at radius 1 is 1.21 bits per heavy atom. The van der Waals surface area contributed by atoms with E-state index >= 15 is 0 Å². The van der Waals surface area contributed by atoms with Gasteiger partial charge in [0.1, 0.15) is 0 Å². The fourth-order valence-electron chi connectivity index (χ4n) is 3.96. The molecule has 7 heteroatoms. The van der Waals surface area contributed by atoms with E-state index in [9.17, 15) is 20.1 Å². The first-order valence-electron chi connectivity index (χ1n) is 9.36. The molecule has 0 aliphatic carbocycles. The Morgan fingerprint density at radius 2 is 1.89 bits per heavy atom. The molecule has 4 atom stereocenters. The lowest BCUT2D eigenvalue weighted by molar-refractivity contribution is -0.142. The highest BCUT2D eigenvalue weighted by Gasteiger charge is 2.48. The molecule has 0 aromatic heterocycles. The molecule has 0 radical (unpaired) electrons. The van der Waals surface area contributed by atoms with E-state index in [-0.39, 0.29) is 49.5 Å². The van der Waals surface area contributed by atoms with Crippen molar-refractivity contribution in [2.24, 2.45) is 17.3 Å². The molecule has 7 nitrogen and oxygen atoms in total. The average molecular weight is 383 g/mol. The van der Waals surface area contributed by atoms with Crippen molar-refractivity contribution >= 4 is 11.9 Å². The summed E-state index contributed by atoms with van der Waals surface area (Å²) in [6.45, 7) is 4.78. The molecule has 2 bridgehead atoms. The number of esters is 2. The van der Waals surface area contributed by atoms with Gasteiger partial charge in [0.15, 0.2) is 12.0 Å². The Labute approximate surface area is 165 Å². The van der Waals surface area contributed by atoms with E-state index in [0.29, 0.717) is 0 Å². The van der Waals surface area contributed by atoms with E-state index in [2.05, 4.69) is 29.3 Å². The Balaban J connectivity index is 2.28. The predicted molar refractivity (Wildman–Crippen MR) is 100 cm³/mol. The predicted octanol–water partition coefficient (Wildman–Crippen LogP) is 1.85. The highest BCUT2D eigenvalue weighted by Crippen LogP contribution is 2.45. The molecule has 2 aliphatic heterocycles. The van der Waals surface area contributed by atoms with Crippen LogP contribution in [0.25, 0.3) is 0 Å². The molecule has 2 heterocycles. The molecule has 0 spiro atoms. The monoisotopic (exact) mass is 383 g/mol. The van der Waals surface area contributed by atoms with Gasteiger partial charge in [-0.3, -0.25) is 9.59 Å². The van der Waals surface area contributed by atoms with Gasteiger partial charge in [0.05, 0.1) is 18.7 Å². The van der Waals surface area contributed by atoms with Gasteiger partial charge in [-0.15, -0.1) is 0 Å². The van der Waals surface area contributed by atoms with Crippen LogP contribution in [0.1, 0.15) is 40.0 Å². The van der Waals surface area contributed by atoms with Crippen LogP contribution in [0, 0.1) is 51.8 Å². The van der Waals surface area contributed by atoms with E-state index in [1.165, 1.54) is 13.8 Å². The second-order valence-electron chi connectivity index (χ2n) is 7.32. The lowest BCUT2D eigenvalue weighted by Gasteiger charge is -2.39. The summed E-state index contributed by atoms with van der Waals surface area (Å²) in [5.74, 6) is 4.57. The molecule has 2 aliphatic rings. The molecule has 1 saturated heterocycles. The van der Waals surface area contributed by atoms with Crippen molar-refractivity contribution < 1.29 is 19.1 Å². The number of rotatable bonds is 6. The van der Waals surface area contributed by atoms with Crippen LogP contribution in [-0.2, 0) is 19.1 Å². The number of carbonyl (C=O) groups excluding carboxylic acids is 2. The zero-order chi connectivity index (χ0) is 20.7. The summed E-state index contributed by atoms with van der Waals surface area (Å²) in [7, 11) is 0. The third-order valence-corrected chi connectivity index (χ3v) is 5.25. The standard InChI is InChI=1S/C21H25N3O4/c1-14(11-28-16(3)26)20-18(10-17-6-7-19(20)24-17)21(12-22,13-23)8-4-5-9-27-15(2)25/h10,14,17,19-20,24H,6-9,11H2,1-3H3/t14?,17-,19+,20-/m1/s1. The van der Waals surface area contributed by atoms with E-state index in [0.717, 1.165) is 18.4 Å². The highest BCUT2D eigenvalue weighted by molar-refractivity contribution is 5.66. The van der Waals surface area contributed by atoms with Crippen LogP contribution in [0.2, 0.25) is 0 Å². The van der Waals surface area contributed by atoms with Crippen molar-refractivity contribution in [3.8, 4) is 24.0 Å². The van der Waals surface area contributed by atoms with Gasteiger partial charge in [0.2, 0.25) is 0 Å². The van der Waals surface area contributed by atoms with Gasteiger partial charge < -0.3 is 14.8 Å². The molecule has 0 saturated carbocycles. The van der Waals surface area contributed by atoms with Crippen LogP contribution >= 0.6 is 0 Å². The van der Waals surface area contributed by atoms with E-state index in [1.54, 1.807) is 0 Å². The molecule has 1 fully saturated rings. The number of nitrogens with zero attached hydrogens (tertiary/aromatic N) is 2. The highest BCUT2D eigenvalue weighted by atomic mass is 16.5. The first kappa shape index (κ1) is 21.5. The fraction of sp³-hybridized carbons (Fsp3) is 0.619. The SMILES string of the molecule is CC(=O)OCC#CCC(C#N)(C#N)C1=C[C@H]2CC[C@H](N2)[C@@H]1C(C)COC(C)=O. The summed E-state index contributed by atoms with van der Waals surface area (Å²) in [5, 5.41) is 23.3. The Kier molecular flexibility index (Phi) is 7.21. The number of hydrogen-bond acceptors (Lipinski definition) is 7. The minimum Gasteiger partial charge on any atom is -0.466 e. The van der Waals surface area contributed by atoms with Crippen LogP contribution in [-0.4, -0.2) is 37.2 Å². The van der Waals surface area contributed by atoms with Gasteiger partial charge in [0.25, 0.3) is 0 Å². The molecule has 1 unspecified atom stereocenters. The number of fused-ring (bicyclic) bond motifs is 2. The van der Waals surface area contributed by atoms with Crippen molar-refractivity contribution in [1.82, 2.24) is 5.32 Å². The molecular formula is C21H25N3O4. The topological polar surface area (TPSA) is 112 Å². The molecule has 28 heavy (non-hydrogen) atoms. The van der Waals surface area contributed by atoms with Gasteiger partial charge in [-0.2, -0.15) is 10.5 Å². The number of nitrogens with one attached hydrogen (secondary N) is 1. The molecule has 1 N–H and O–H groups in total. The Hall–Kier alpha value is -2.82. The second-order valence-corrected chi connectivity index (χ2v) is 7.32. The van der Waals surface area contributed by atoms with Crippen LogP contribution in [0.5, 0.6) is 0 Å². The van der Waals surface area contributed by atoms with Crippen LogP contribution in [0.4, 0.5) is 0 Å². The molecule has 0 aromatic rings. The first-order chi connectivity index (χ1) is 13.3. The number of hydrogen-bond donors (Lipinski definition) is 1. The van der Waals surface area contributed by atoms with Crippen molar-refractivity contribution in [1.29, 1.82) is 10.5 Å². The van der Waals surface area contributed by atoms with Crippen molar-refractivity contribution in [2.45, 2.75) is 52.1 Å². The summed E-state index contributed by atoms with van der Waals surface area (Å²) in [4.78, 5) is 22.0. The van der Waals surface area contributed by atoms with Gasteiger partial charge in [-0.25, -0.2) is 0 Å². The largest absolute Gasteiger partial charge is 0.466 e. The zero-order valence-corrected chi connectivity index (χ0v) is 16.4. The van der Waals surface area contributed by atoms with Crippen molar-refractivity contribution in [3.63, 3.8) is 0 Å². The van der Waals surface area contributed by atoms with Crippen molar-refractivity contribution in [2.75, 3.05) is 13.2 Å². The minimum absolute atomic E-state index is 0.0311. The minimum atomic E-state index is -1.39. The average Bonchev–Trinajstić information content (AvgIpc) is 3.03. The van der Waals surface area contributed by atoms with Gasteiger partial charge >= 0.3 is 11.9 Å². The lowest BCUT2D eigenvalue weighted by Crippen LogP contribution is -2.47. The van der Waals surface area contributed by atoms with Crippen LogP contribution < -0.4 is 5.32 Å². The number of carbonyl (C=O) groups is 2. The van der Waals surface area contributed by atoms with Gasteiger partial charge in [-0.1, -0.05) is 24.8 Å². The summed E-state index contributed by atoms with van der Waals surface area (Å²) in [6, 6.07) is 4.62. The third-order valence-electron chi connectivity index (χ3n) is 5.25. The van der Waals surface area contributed by atoms with E-state index < -0.39 is 11.4 Å². The maximum absolute atomic E-state index is 11.2. The lowest BCUT2D eigenvalue weighted by atomic mass is 9.67. The Morgan fingerprint density at radius 3 is 2.50 bits per heavy atom. The molecule has 0 aromatic carbocycles. The zero-order valence-electron chi connectivity index (χ0n) is 16.4. The number of nitriles is 2. The molecule has 0 amide bonds. The summed E-state index contributed by atoms with van der Waals surface area (Å²) >= 11 is 0. The fourth-order valence-corrected chi connectivity index (χ4v) is 3.96. The normalized spacial score (nSPS) is 23.9. The molecule has 2 rings (SSSR count). The number of ether oxygens (including phenoxy) is 2. The van der Waals surface area contributed by atoms with E-state index in [4.69, 9.17) is 9.47 Å². The smallest absolute Gasteiger partial charge is 0.303 e. The van der Waals surface area contributed by atoms with Gasteiger partial charge in [0, 0.05) is 38.3 Å². The maximum Gasteiger partial charge on any atom is 0.303 e. The summed E-state index contributed by atoms with van der Waals surface area (Å²) in [5.41, 5.74) is -0.633. The second kappa shape index (κ2) is 9.40. The third kappa shape index (κ3) is 4.91. The summed E-state index contributed by atoms with van der Waals surface area (Å²) < 4.78 is 9.97. The first-order valence-corrected chi connectivity index (χ1v) is 9.36. The molecule has 148 valence electrons. The van der Waals surface area contributed by atoms with Crippen LogP contribution in [0.15, 0.2) is 11.6 Å². The van der Waals surface area contributed by atoms with Gasteiger partial charge in [-0.05, 0) is 24.3 Å². The molecular weight excluding hydrogens is 358 g/mol. The van der Waals surface area contributed by atoms with E-state index in [1.807, 2.05) is 13.0 Å². The summed E-state index contributed by atoms with van der Waals surface area (Å²) in [6.07, 6.45) is 3.89. The van der Waals surface area contributed by atoms with Crippen molar-refractivity contribution in [3.05, 3.63) is 11.6 Å². The quantitative estimate of drug-likeness (QED) is 0.423.